The lowest BCUT2D eigenvalue weighted by Crippen LogP contribution is -2.57. The van der Waals surface area contributed by atoms with Crippen molar-refractivity contribution in [3.8, 4) is 0 Å². The topological polar surface area (TPSA) is 85.5 Å². The molecule has 1 aromatic rings. The Kier molecular flexibility index (Phi) is 4.33. The summed E-state index contributed by atoms with van der Waals surface area (Å²) < 4.78 is 19.9. The van der Waals surface area contributed by atoms with Crippen LogP contribution in [-0.4, -0.2) is 46.9 Å². The zero-order valence-electron chi connectivity index (χ0n) is 14.0. The van der Waals surface area contributed by atoms with E-state index in [1.807, 2.05) is 0 Å². The average molecular weight is 368 g/mol. The molecule has 0 saturated carbocycles. The molecule has 134 valence electrons. The Balaban J connectivity index is 1.89. The number of carbonyl (C=O) groups excluding carboxylic acids is 2. The Bertz CT molecular complexity index is 780. The van der Waals surface area contributed by atoms with Crippen molar-refractivity contribution in [1.29, 1.82) is 0 Å². The lowest BCUT2D eigenvalue weighted by Gasteiger charge is -2.46. The van der Waals surface area contributed by atoms with Crippen LogP contribution in [0.2, 0.25) is 5.02 Å². The molecule has 1 unspecified atom stereocenters. The zero-order chi connectivity index (χ0) is 18.4. The number of ether oxygens (including phenoxy) is 1. The Morgan fingerprint density at radius 1 is 1.48 bits per heavy atom. The molecule has 2 aliphatic rings. The number of pyridine rings is 1. The third-order valence-electron chi connectivity index (χ3n) is 4.54. The number of rotatable bonds is 1. The monoisotopic (exact) mass is 367 g/mol. The maximum Gasteiger partial charge on any atom is 0.275 e. The van der Waals surface area contributed by atoms with Crippen molar-refractivity contribution in [3.63, 3.8) is 0 Å². The number of aromatic nitrogens is 1. The predicted octanol–water partition coefficient (Wildman–Crippen LogP) is 1.93. The fraction of sp³-hybridized carbons (Fsp3) is 0.471. The average Bonchev–Trinajstić information content (AvgIpc) is 2.52. The Morgan fingerprint density at radius 3 is 2.84 bits per heavy atom. The fourth-order valence-electron chi connectivity index (χ4n) is 3.52. The second kappa shape index (κ2) is 6.07. The van der Waals surface area contributed by atoms with Gasteiger partial charge in [0.15, 0.2) is 17.3 Å². The van der Waals surface area contributed by atoms with Crippen molar-refractivity contribution in [2.24, 2.45) is 11.1 Å². The number of carbonyl (C=O) groups is 2. The van der Waals surface area contributed by atoms with E-state index >= 15 is 0 Å². The zero-order valence-corrected chi connectivity index (χ0v) is 14.8. The predicted molar refractivity (Wildman–Crippen MR) is 89.5 cm³/mol. The molecule has 1 atom stereocenters. The van der Waals surface area contributed by atoms with Gasteiger partial charge >= 0.3 is 0 Å². The molecule has 1 saturated heterocycles. The Morgan fingerprint density at radius 2 is 2.20 bits per heavy atom. The highest BCUT2D eigenvalue weighted by Crippen LogP contribution is 2.40. The van der Waals surface area contributed by atoms with E-state index in [2.05, 4.69) is 4.98 Å². The molecule has 0 bridgehead atoms. The van der Waals surface area contributed by atoms with Crippen LogP contribution in [0, 0.1) is 11.2 Å². The molecule has 1 amide bonds. The normalized spacial score (nSPS) is 25.8. The number of morpholine rings is 1. The molecule has 2 heterocycles. The third kappa shape index (κ3) is 3.26. The van der Waals surface area contributed by atoms with Gasteiger partial charge in [0.1, 0.15) is 5.60 Å². The van der Waals surface area contributed by atoms with E-state index in [1.54, 1.807) is 19.9 Å². The van der Waals surface area contributed by atoms with Gasteiger partial charge in [0.05, 0.1) is 23.9 Å². The highest BCUT2D eigenvalue weighted by Gasteiger charge is 2.48. The molecule has 1 fully saturated rings. The molecule has 25 heavy (non-hydrogen) atoms. The van der Waals surface area contributed by atoms with Gasteiger partial charge in [-0.1, -0.05) is 25.4 Å². The van der Waals surface area contributed by atoms with Gasteiger partial charge in [0.2, 0.25) is 0 Å². The van der Waals surface area contributed by atoms with Gasteiger partial charge in [0.25, 0.3) is 5.91 Å². The molecule has 3 rings (SSSR count). The van der Waals surface area contributed by atoms with E-state index in [4.69, 9.17) is 22.1 Å². The van der Waals surface area contributed by atoms with E-state index in [9.17, 15) is 14.0 Å². The van der Waals surface area contributed by atoms with Gasteiger partial charge in [-0.15, -0.1) is 0 Å². The van der Waals surface area contributed by atoms with Crippen molar-refractivity contribution in [2.75, 3.05) is 19.7 Å². The first-order valence-electron chi connectivity index (χ1n) is 7.91. The van der Waals surface area contributed by atoms with Gasteiger partial charge < -0.3 is 15.4 Å². The Labute approximate surface area is 149 Å². The molecule has 8 heteroatoms. The maximum atomic E-state index is 14.0. The highest BCUT2D eigenvalue weighted by atomic mass is 35.5. The first kappa shape index (κ1) is 17.8. The number of nitrogens with two attached hydrogens (primary N) is 1. The molecule has 1 aromatic heterocycles. The number of ketones is 1. The summed E-state index contributed by atoms with van der Waals surface area (Å²) in [5.74, 6) is -1.46. The minimum atomic E-state index is -0.863. The van der Waals surface area contributed by atoms with Gasteiger partial charge in [-0.05, 0) is 18.6 Å². The molecule has 0 aromatic carbocycles. The van der Waals surface area contributed by atoms with Gasteiger partial charge in [-0.25, -0.2) is 9.37 Å². The van der Waals surface area contributed by atoms with E-state index in [0.717, 1.165) is 6.07 Å². The smallest absolute Gasteiger partial charge is 0.275 e. The fourth-order valence-corrected chi connectivity index (χ4v) is 3.66. The van der Waals surface area contributed by atoms with Crippen LogP contribution < -0.4 is 5.73 Å². The number of Topliss-reactive ketones (excluding diaryl/α,β-unsaturated/α-hetero) is 1. The summed E-state index contributed by atoms with van der Waals surface area (Å²) in [6, 6.07) is 1.05. The largest absolute Gasteiger partial charge is 0.396 e. The maximum absolute atomic E-state index is 14.0. The minimum absolute atomic E-state index is 0.121. The van der Waals surface area contributed by atoms with Gasteiger partial charge in [0, 0.05) is 18.2 Å². The number of nitrogens with zero attached hydrogens (tertiary/aromatic N) is 2. The van der Waals surface area contributed by atoms with Crippen LogP contribution in [0.1, 0.15) is 30.8 Å². The number of hydrogen-bond acceptors (Lipinski definition) is 5. The minimum Gasteiger partial charge on any atom is -0.396 e. The quantitative estimate of drug-likeness (QED) is 0.819. The molecular weight excluding hydrogens is 349 g/mol. The molecular formula is C17H19ClFN3O3. The summed E-state index contributed by atoms with van der Waals surface area (Å²) in [5.41, 5.74) is 4.15. The third-order valence-corrected chi connectivity index (χ3v) is 4.75. The SMILES string of the molecule is CC1(C)CC2(C=C(N)C1=O)CN(C(=O)c1ncc(Cl)cc1F)CCO2. The van der Waals surface area contributed by atoms with Crippen molar-refractivity contribution >= 4 is 23.3 Å². The first-order chi connectivity index (χ1) is 11.6. The second-order valence-electron chi connectivity index (χ2n) is 7.11. The first-order valence-corrected chi connectivity index (χ1v) is 8.29. The molecule has 1 aliphatic heterocycles. The van der Waals surface area contributed by atoms with E-state index in [0.29, 0.717) is 13.0 Å². The van der Waals surface area contributed by atoms with E-state index < -0.39 is 22.7 Å². The summed E-state index contributed by atoms with van der Waals surface area (Å²) >= 11 is 5.68. The molecule has 6 nitrogen and oxygen atoms in total. The Hall–Kier alpha value is -1.99. The van der Waals surface area contributed by atoms with Gasteiger partial charge in [-0.3, -0.25) is 9.59 Å². The molecule has 0 radical (unpaired) electrons. The van der Waals surface area contributed by atoms with Crippen LogP contribution in [0.25, 0.3) is 0 Å². The van der Waals surface area contributed by atoms with E-state index in [1.165, 1.54) is 11.1 Å². The molecule has 2 N–H and O–H groups in total. The standard InChI is InChI=1S/C17H19ClFN3O3/c1-16(2)8-17(6-12(20)14(16)23)9-22(3-4-25-17)15(24)13-11(19)5-10(18)7-21-13/h5-7H,3-4,8-9,20H2,1-2H3. The lowest BCUT2D eigenvalue weighted by atomic mass is 9.71. The highest BCUT2D eigenvalue weighted by molar-refractivity contribution is 6.30. The van der Waals surface area contributed by atoms with Gasteiger partial charge in [-0.2, -0.15) is 0 Å². The lowest BCUT2D eigenvalue weighted by molar-refractivity contribution is -0.135. The van der Waals surface area contributed by atoms with Crippen molar-refractivity contribution < 1.29 is 18.7 Å². The number of allylic oxidation sites excluding steroid dienone is 1. The van der Waals surface area contributed by atoms with E-state index in [-0.39, 0.29) is 35.3 Å². The number of halogens is 2. The number of hydrogen-bond donors (Lipinski definition) is 1. The van der Waals surface area contributed by atoms with Crippen LogP contribution in [0.5, 0.6) is 0 Å². The molecule has 1 aliphatic carbocycles. The van der Waals surface area contributed by atoms with Crippen molar-refractivity contribution in [1.82, 2.24) is 9.88 Å². The van der Waals surface area contributed by atoms with Crippen molar-refractivity contribution in [3.05, 3.63) is 40.6 Å². The summed E-state index contributed by atoms with van der Waals surface area (Å²) in [6.07, 6.45) is 3.19. The summed E-state index contributed by atoms with van der Waals surface area (Å²) in [7, 11) is 0. The van der Waals surface area contributed by atoms with Crippen molar-refractivity contribution in [2.45, 2.75) is 25.9 Å². The summed E-state index contributed by atoms with van der Waals surface area (Å²) in [6.45, 7) is 4.32. The van der Waals surface area contributed by atoms with Crippen LogP contribution >= 0.6 is 11.6 Å². The van der Waals surface area contributed by atoms with Crippen LogP contribution in [0.4, 0.5) is 4.39 Å². The number of amides is 1. The summed E-state index contributed by atoms with van der Waals surface area (Å²) in [4.78, 5) is 30.1. The van der Waals surface area contributed by atoms with Crippen LogP contribution in [0.15, 0.2) is 24.0 Å². The molecule has 1 spiro atoms. The second-order valence-corrected chi connectivity index (χ2v) is 7.55. The van der Waals surface area contributed by atoms with Crippen LogP contribution in [0.3, 0.4) is 0 Å². The summed E-state index contributed by atoms with van der Waals surface area (Å²) in [5, 5.41) is 0.121. The van der Waals surface area contributed by atoms with Crippen LogP contribution in [-0.2, 0) is 9.53 Å².